The fourth-order valence-electron chi connectivity index (χ4n) is 9.16. The first-order chi connectivity index (χ1) is 39.7. The van der Waals surface area contributed by atoms with E-state index in [2.05, 4.69) is 66.6 Å². The van der Waals surface area contributed by atoms with E-state index in [1.165, 1.54) is 57.4 Å². The Morgan fingerprint density at radius 1 is 0.524 bits per heavy atom. The smallest absolute Gasteiger partial charge is 0.410 e. The molecule has 4 aromatic heterocycles. The first kappa shape index (κ1) is 65.0. The number of carbonyl (C=O) groups excluding carboxylic acids is 7. The molecule has 3 atom stereocenters. The summed E-state index contributed by atoms with van der Waals surface area (Å²) in [6, 6.07) is 12.8. The average molecular weight is 1300 g/mol. The summed E-state index contributed by atoms with van der Waals surface area (Å²) in [4.78, 5) is 131. The van der Waals surface area contributed by atoms with E-state index in [1.807, 2.05) is 46.4 Å². The van der Waals surface area contributed by atoms with Crippen molar-refractivity contribution in [3.05, 3.63) is 105 Å². The Morgan fingerprint density at radius 3 is 1.36 bits per heavy atom. The van der Waals surface area contributed by atoms with Gasteiger partial charge in [0.05, 0.1) is 56.1 Å². The van der Waals surface area contributed by atoms with Crippen molar-refractivity contribution in [2.24, 2.45) is 0 Å². The van der Waals surface area contributed by atoms with Gasteiger partial charge in [0.1, 0.15) is 34.0 Å². The largest absolute Gasteiger partial charge is 0.477 e. The zero-order valence-electron chi connectivity index (χ0n) is 47.7. The van der Waals surface area contributed by atoms with Gasteiger partial charge in [-0.3, -0.25) is 9.80 Å². The number of halogens is 2. The monoisotopic (exact) mass is 1290 g/mol. The molecule has 84 heavy (non-hydrogen) atoms. The van der Waals surface area contributed by atoms with Crippen LogP contribution < -0.4 is 15.1 Å². The lowest BCUT2D eigenvalue weighted by Gasteiger charge is -2.37. The number of carbonyl (C=O) groups is 9. The number of piperazine rings is 2. The lowest BCUT2D eigenvalue weighted by atomic mass is 10.0. The second kappa shape index (κ2) is 28.9. The zero-order chi connectivity index (χ0) is 61.6. The van der Waals surface area contributed by atoms with Gasteiger partial charge in [-0.1, -0.05) is 0 Å². The predicted octanol–water partition coefficient (Wildman–Crippen LogP) is 7.11. The fraction of sp³-hybridized carbons (Fsp3) is 0.473. The number of carboxylic acids is 2. The number of piperidine rings is 1. The Balaban J connectivity index is 0.000000176. The third-order valence-corrected chi connectivity index (χ3v) is 14.1. The van der Waals surface area contributed by atoms with Gasteiger partial charge < -0.3 is 59.0 Å². The summed E-state index contributed by atoms with van der Waals surface area (Å²) in [5.74, 6) is -3.01. The summed E-state index contributed by atoms with van der Waals surface area (Å²) in [6.45, 7) is 16.5. The van der Waals surface area contributed by atoms with Crippen LogP contribution in [-0.2, 0) is 18.9 Å². The molecule has 10 rings (SSSR count). The first-order valence-corrected chi connectivity index (χ1v) is 28.2. The first-order valence-electron chi connectivity index (χ1n) is 26.6. The number of anilines is 2. The standard InChI is InChI=1S/C18H24N4O5.C13H15N3O3.C11H19N3O3.C7H6BrNO2.C6H4BrNO2/c1-18(2,3)27-17(25)20-7-8-21-13(10-20)11-22(16(21)24)12-5-6-14(19-9-12)15(23)26-4;17-12(18)11-5-4-9(7-14-11)16-8-10-3-1-2-6-15(10)13(16)19;1-11(2,3)17-10(16)13-4-5-14-8(7-13)6-12-9(14)15;1-11-7(10)6-3-2-5(8)4-9-6;7-4-1-2-5(6(9)10)8-3-4/h5-6,9,13H,7-8,10-11H2,1-4H3;4-5,7,10H,1-3,6,8H2,(H,17,18);8H,4-7H2,1-3H3,(H,12,15);2-4H,1H3;1-3H,(H,9,10). The van der Waals surface area contributed by atoms with E-state index in [-0.39, 0.29) is 59.4 Å². The van der Waals surface area contributed by atoms with Gasteiger partial charge in [-0.2, -0.15) is 0 Å². The molecule has 8 amide bonds. The fourth-order valence-corrected chi connectivity index (χ4v) is 9.63. The van der Waals surface area contributed by atoms with E-state index in [0.29, 0.717) is 82.0 Å². The van der Waals surface area contributed by atoms with Gasteiger partial charge >= 0.3 is 54.2 Å². The highest BCUT2D eigenvalue weighted by molar-refractivity contribution is 9.10. The number of nitrogens with one attached hydrogen (secondary N) is 1. The molecular weight excluding hydrogens is 1230 g/mol. The Labute approximate surface area is 501 Å². The number of rotatable bonds is 6. The van der Waals surface area contributed by atoms with E-state index in [0.717, 1.165) is 28.3 Å². The minimum Gasteiger partial charge on any atom is -0.477 e. The molecule has 0 aromatic carbocycles. The summed E-state index contributed by atoms with van der Waals surface area (Å²) in [6.07, 6.45) is 8.55. The molecule has 27 nitrogen and oxygen atoms in total. The number of carboxylic acid groups (broad SMARTS) is 2. The number of amides is 8. The number of methoxy groups -OCH3 is 2. The van der Waals surface area contributed by atoms with Crippen LogP contribution in [0.15, 0.2) is 82.3 Å². The Morgan fingerprint density at radius 2 is 0.940 bits per heavy atom. The molecule has 10 heterocycles. The summed E-state index contributed by atoms with van der Waals surface area (Å²) in [5, 5.41) is 20.0. The van der Waals surface area contributed by atoms with Gasteiger partial charge in [0, 0.05) is 86.8 Å². The quantitative estimate of drug-likeness (QED) is 0.128. The molecule has 6 fully saturated rings. The lowest BCUT2D eigenvalue weighted by Crippen LogP contribution is -2.54. The maximum atomic E-state index is 12.7. The number of hydrogen-bond donors (Lipinski definition) is 3. The summed E-state index contributed by atoms with van der Waals surface area (Å²) in [5.41, 5.74) is 0.792. The summed E-state index contributed by atoms with van der Waals surface area (Å²) < 4.78 is 21.4. The number of aromatic nitrogens is 4. The Bertz CT molecular complexity index is 3000. The highest BCUT2D eigenvalue weighted by Gasteiger charge is 2.44. The molecule has 0 radical (unpaired) electrons. The lowest BCUT2D eigenvalue weighted by molar-refractivity contribution is 0.0121. The maximum absolute atomic E-state index is 12.7. The number of fused-ring (bicyclic) bond motifs is 3. The van der Waals surface area contributed by atoms with Crippen LogP contribution in [0.5, 0.6) is 0 Å². The van der Waals surface area contributed by atoms with Crippen molar-refractivity contribution < 1.29 is 72.3 Å². The van der Waals surface area contributed by atoms with Gasteiger partial charge in [-0.15, -0.1) is 0 Å². The van der Waals surface area contributed by atoms with Crippen LogP contribution in [0.3, 0.4) is 0 Å². The minimum atomic E-state index is -1.06. The number of urea groups is 3. The molecule has 0 spiro atoms. The van der Waals surface area contributed by atoms with Crippen molar-refractivity contribution in [2.45, 2.75) is 90.1 Å². The summed E-state index contributed by atoms with van der Waals surface area (Å²) in [7, 11) is 2.61. The van der Waals surface area contributed by atoms with Crippen molar-refractivity contribution in [3.63, 3.8) is 0 Å². The number of nitrogens with zero attached hydrogens (tertiary/aromatic N) is 11. The molecule has 3 unspecified atom stereocenters. The second-order valence-corrected chi connectivity index (χ2v) is 23.3. The average Bonchev–Trinajstić information content (AvgIpc) is 2.47. The molecule has 0 bridgehead atoms. The number of hydrogen-bond acceptors (Lipinski definition) is 17. The van der Waals surface area contributed by atoms with Crippen LogP contribution in [0, 0.1) is 0 Å². The van der Waals surface area contributed by atoms with E-state index in [1.54, 1.807) is 65.9 Å². The Hall–Kier alpha value is -8.21. The molecule has 4 aromatic rings. The number of esters is 2. The second-order valence-electron chi connectivity index (χ2n) is 21.5. The van der Waals surface area contributed by atoms with E-state index >= 15 is 0 Å². The van der Waals surface area contributed by atoms with Crippen LogP contribution in [-0.4, -0.2) is 218 Å². The van der Waals surface area contributed by atoms with Crippen LogP contribution in [0.4, 0.5) is 35.3 Å². The zero-order valence-corrected chi connectivity index (χ0v) is 50.9. The van der Waals surface area contributed by atoms with Gasteiger partial charge in [0.15, 0.2) is 0 Å². The van der Waals surface area contributed by atoms with Gasteiger partial charge in [-0.25, -0.2) is 63.1 Å². The predicted molar refractivity (Wildman–Crippen MR) is 309 cm³/mol. The highest BCUT2D eigenvalue weighted by Crippen LogP contribution is 2.30. The van der Waals surface area contributed by atoms with E-state index < -0.39 is 35.1 Å². The number of aromatic carboxylic acids is 2. The van der Waals surface area contributed by atoms with Gasteiger partial charge in [0.25, 0.3) is 0 Å². The number of ether oxygens (including phenoxy) is 4. The maximum Gasteiger partial charge on any atom is 0.410 e. The molecule has 0 aliphatic carbocycles. The molecule has 6 saturated heterocycles. The molecule has 6 aliphatic heterocycles. The van der Waals surface area contributed by atoms with Gasteiger partial charge in [0.2, 0.25) is 0 Å². The highest BCUT2D eigenvalue weighted by atomic mass is 79.9. The van der Waals surface area contributed by atoms with Crippen molar-refractivity contribution in [3.8, 4) is 0 Å². The van der Waals surface area contributed by atoms with Crippen LogP contribution in [0.2, 0.25) is 0 Å². The SMILES string of the molecule is CC(C)(C)OC(=O)N1CCN2C(=O)NCC2C1.COC(=O)c1ccc(Br)cn1.COC(=O)c1ccc(N2CC3CN(C(=O)OC(C)(C)C)CCN3C2=O)cn1.O=C(O)c1ccc(Br)cn1.O=C(O)c1ccc(N2CC3CCCCN3C2=O)cn1. The molecule has 452 valence electrons. The third-order valence-electron chi connectivity index (χ3n) is 13.2. The molecule has 0 saturated carbocycles. The molecule has 29 heteroatoms. The van der Waals surface area contributed by atoms with Crippen LogP contribution in [0.25, 0.3) is 0 Å². The van der Waals surface area contributed by atoms with Crippen molar-refractivity contribution in [1.29, 1.82) is 0 Å². The number of pyridine rings is 4. The topological polar surface area (TPSA) is 317 Å². The van der Waals surface area contributed by atoms with Crippen LogP contribution in [0.1, 0.15) is 103 Å². The van der Waals surface area contributed by atoms with Crippen molar-refractivity contribution in [1.82, 2.24) is 49.8 Å². The third kappa shape index (κ3) is 17.9. The normalized spacial score (nSPS) is 18.7. The Kier molecular flexibility index (Phi) is 22.3. The molecule has 6 aliphatic rings. The van der Waals surface area contributed by atoms with E-state index in [9.17, 15) is 43.2 Å². The van der Waals surface area contributed by atoms with Crippen molar-refractivity contribution in [2.75, 3.05) is 89.5 Å². The molecule has 3 N–H and O–H groups in total. The van der Waals surface area contributed by atoms with Crippen molar-refractivity contribution >= 4 is 97.4 Å². The molecular formula is C55H68Br2N12O15. The van der Waals surface area contributed by atoms with E-state index in [4.69, 9.17) is 19.7 Å². The summed E-state index contributed by atoms with van der Waals surface area (Å²) >= 11 is 6.34. The minimum absolute atomic E-state index is 0.00637. The van der Waals surface area contributed by atoms with Gasteiger partial charge in [-0.05, 0) is 141 Å². The van der Waals surface area contributed by atoms with Crippen LogP contribution >= 0.6 is 31.9 Å².